The Hall–Kier alpha value is -0.370. The molecule has 10 rings (SSSR count). The quantitative estimate of drug-likeness (QED) is 0.733. The Bertz CT molecular complexity index is 584. The highest BCUT2D eigenvalue weighted by atomic mass is 16.3. The van der Waals surface area contributed by atoms with Crippen LogP contribution in [-0.4, -0.2) is 16.5 Å². The van der Waals surface area contributed by atoms with E-state index in [0.717, 1.165) is 48.9 Å². The van der Waals surface area contributed by atoms with Crippen molar-refractivity contribution in [2.75, 3.05) is 0 Å². The molecule has 0 aromatic carbocycles. The predicted molar refractivity (Wildman–Crippen MR) is 71.5 cm³/mol. The molecule has 0 aliphatic heterocycles. The zero-order chi connectivity index (χ0) is 13.0. The first-order valence-corrected chi connectivity index (χ1v) is 8.87. The Morgan fingerprint density at radius 2 is 1.70 bits per heavy atom. The van der Waals surface area contributed by atoms with E-state index >= 15 is 0 Å². The van der Waals surface area contributed by atoms with Crippen LogP contribution in [0.25, 0.3) is 0 Å². The van der Waals surface area contributed by atoms with Crippen LogP contribution in [0.3, 0.4) is 0 Å². The number of hydrogen-bond donors (Lipinski definition) is 1. The van der Waals surface area contributed by atoms with Crippen LogP contribution < -0.4 is 0 Å². The lowest BCUT2D eigenvalue weighted by molar-refractivity contribution is -0.357. The van der Waals surface area contributed by atoms with Crippen molar-refractivity contribution >= 4 is 5.78 Å². The number of hydrogen-bond acceptors (Lipinski definition) is 2. The van der Waals surface area contributed by atoms with Crippen LogP contribution in [0.4, 0.5) is 0 Å². The maximum Gasteiger partial charge on any atom is 0.139 e. The Kier molecular flexibility index (Phi) is 1.32. The molecule has 106 valence electrons. The summed E-state index contributed by atoms with van der Waals surface area (Å²) >= 11 is 0. The highest BCUT2D eigenvalue weighted by Gasteiger charge is 2.81. The standard InChI is InChI=1S/C18H22O2/c19-16-7-1-10-9-2-8-11-4-17(20)5-12(8)15(13(9)16)18(3-7,6-17)14(10)11/h7-15,20H,1-6H2/t7-,8-,9+,10-,11+,12-,13+,14+,15+,17+,18+/m0/s1. The van der Waals surface area contributed by atoms with Gasteiger partial charge in [-0.25, -0.2) is 0 Å². The summed E-state index contributed by atoms with van der Waals surface area (Å²) < 4.78 is 0. The van der Waals surface area contributed by atoms with Crippen LogP contribution in [-0.2, 0) is 4.79 Å². The molecular weight excluding hydrogens is 248 g/mol. The molecule has 0 aromatic rings. The van der Waals surface area contributed by atoms with E-state index in [-0.39, 0.29) is 5.60 Å². The van der Waals surface area contributed by atoms with Gasteiger partial charge in [0.25, 0.3) is 0 Å². The fourth-order valence-electron chi connectivity index (χ4n) is 10.0. The van der Waals surface area contributed by atoms with Gasteiger partial charge in [-0.3, -0.25) is 4.79 Å². The Labute approximate surface area is 119 Å². The summed E-state index contributed by atoms with van der Waals surface area (Å²) in [6, 6.07) is 0. The van der Waals surface area contributed by atoms with E-state index in [1.165, 1.54) is 19.3 Å². The van der Waals surface area contributed by atoms with Crippen molar-refractivity contribution in [3.05, 3.63) is 0 Å². The van der Waals surface area contributed by atoms with Crippen molar-refractivity contribution in [2.45, 2.75) is 44.1 Å². The number of rotatable bonds is 0. The zero-order valence-electron chi connectivity index (χ0n) is 11.8. The van der Waals surface area contributed by atoms with Gasteiger partial charge in [0, 0.05) is 11.8 Å². The van der Waals surface area contributed by atoms with Crippen molar-refractivity contribution in [3.8, 4) is 0 Å². The molecule has 0 heterocycles. The molecule has 0 saturated heterocycles. The Morgan fingerprint density at radius 3 is 2.55 bits per heavy atom. The Balaban J connectivity index is 1.56. The normalized spacial score (nSPS) is 77.0. The van der Waals surface area contributed by atoms with Crippen LogP contribution in [0.5, 0.6) is 0 Å². The molecule has 10 fully saturated rings. The van der Waals surface area contributed by atoms with Crippen LogP contribution in [0, 0.1) is 58.7 Å². The smallest absolute Gasteiger partial charge is 0.139 e. The molecule has 2 nitrogen and oxygen atoms in total. The summed E-state index contributed by atoms with van der Waals surface area (Å²) in [5, 5.41) is 11.1. The lowest BCUT2D eigenvalue weighted by Gasteiger charge is -2.83. The SMILES string of the molecule is O=C1[C@H]2C[C@H]3[C@H]4C[C@H]5[C@H]6C[C@@]7(O)C[C@@H]5[C@H]([C@H]14)[C@](C2)(C7)[C@@H]63. The van der Waals surface area contributed by atoms with E-state index in [0.29, 0.717) is 34.9 Å². The van der Waals surface area contributed by atoms with E-state index < -0.39 is 0 Å². The van der Waals surface area contributed by atoms with Gasteiger partial charge in [-0.2, -0.15) is 0 Å². The van der Waals surface area contributed by atoms with Gasteiger partial charge >= 0.3 is 0 Å². The molecule has 0 radical (unpaired) electrons. The van der Waals surface area contributed by atoms with E-state index in [4.69, 9.17) is 0 Å². The van der Waals surface area contributed by atoms with Crippen LogP contribution in [0.2, 0.25) is 0 Å². The molecule has 20 heavy (non-hydrogen) atoms. The van der Waals surface area contributed by atoms with Gasteiger partial charge in [-0.05, 0) is 85.4 Å². The minimum Gasteiger partial charge on any atom is -0.390 e. The second-order valence-corrected chi connectivity index (χ2v) is 9.71. The second kappa shape index (κ2) is 2.55. The maximum atomic E-state index is 12.8. The third kappa shape index (κ3) is 0.750. The molecule has 1 N–H and O–H groups in total. The van der Waals surface area contributed by atoms with E-state index in [1.54, 1.807) is 0 Å². The zero-order valence-corrected chi connectivity index (χ0v) is 11.8. The first-order chi connectivity index (χ1) is 9.61. The van der Waals surface area contributed by atoms with Gasteiger partial charge in [0.1, 0.15) is 5.78 Å². The molecule has 11 atom stereocenters. The Morgan fingerprint density at radius 1 is 0.900 bits per heavy atom. The van der Waals surface area contributed by atoms with Gasteiger partial charge in [0.2, 0.25) is 0 Å². The van der Waals surface area contributed by atoms with E-state index in [9.17, 15) is 9.90 Å². The molecule has 2 heteroatoms. The summed E-state index contributed by atoms with van der Waals surface area (Å²) in [5.74, 6) is 7.19. The van der Waals surface area contributed by atoms with Crippen LogP contribution in [0.1, 0.15) is 38.5 Å². The molecule has 10 saturated carbocycles. The number of aliphatic hydroxyl groups is 1. The minimum absolute atomic E-state index is 0.333. The third-order valence-electron chi connectivity index (χ3n) is 9.56. The number of carbonyl (C=O) groups is 1. The summed E-state index contributed by atoms with van der Waals surface area (Å²) in [6.45, 7) is 0. The monoisotopic (exact) mass is 270 g/mol. The second-order valence-electron chi connectivity index (χ2n) is 9.71. The lowest BCUT2D eigenvalue weighted by Crippen LogP contribution is -2.81. The highest BCUT2D eigenvalue weighted by Crippen LogP contribution is 2.84. The highest BCUT2D eigenvalue weighted by molar-refractivity contribution is 5.87. The van der Waals surface area contributed by atoms with Gasteiger partial charge in [0.05, 0.1) is 5.60 Å². The maximum absolute atomic E-state index is 12.8. The largest absolute Gasteiger partial charge is 0.390 e. The fraction of sp³-hybridized carbons (Fsp3) is 0.944. The van der Waals surface area contributed by atoms with Crippen LogP contribution >= 0.6 is 0 Å². The summed E-state index contributed by atoms with van der Waals surface area (Å²) in [4.78, 5) is 12.8. The molecule has 0 amide bonds. The van der Waals surface area contributed by atoms with Gasteiger partial charge in [-0.1, -0.05) is 0 Å². The average Bonchev–Trinajstić information content (AvgIpc) is 2.39. The number of ketones is 1. The van der Waals surface area contributed by atoms with Gasteiger partial charge in [-0.15, -0.1) is 0 Å². The number of Topliss-reactive ketones (excluding diaryl/α,β-unsaturated/α-hetero) is 1. The molecule has 1 spiro atoms. The minimum atomic E-state index is -0.333. The number of carbonyl (C=O) groups excluding carboxylic acids is 1. The first kappa shape index (κ1) is 10.4. The summed E-state index contributed by atoms with van der Waals surface area (Å²) in [5.41, 5.74) is 0.0839. The van der Waals surface area contributed by atoms with E-state index in [1.807, 2.05) is 0 Å². The van der Waals surface area contributed by atoms with Crippen molar-refractivity contribution in [1.29, 1.82) is 0 Å². The molecule has 10 aliphatic carbocycles. The van der Waals surface area contributed by atoms with Crippen molar-refractivity contribution in [3.63, 3.8) is 0 Å². The topological polar surface area (TPSA) is 37.3 Å². The molecule has 10 aliphatic rings. The molecule has 0 unspecified atom stereocenters. The fourth-order valence-corrected chi connectivity index (χ4v) is 10.0. The first-order valence-electron chi connectivity index (χ1n) is 8.87. The summed E-state index contributed by atoms with van der Waals surface area (Å²) in [7, 11) is 0. The molecule has 11 bridgehead atoms. The molecular formula is C18H22O2. The van der Waals surface area contributed by atoms with E-state index in [2.05, 4.69) is 0 Å². The van der Waals surface area contributed by atoms with Crippen molar-refractivity contribution in [2.24, 2.45) is 58.7 Å². The third-order valence-corrected chi connectivity index (χ3v) is 9.56. The van der Waals surface area contributed by atoms with Crippen molar-refractivity contribution in [1.82, 2.24) is 0 Å². The van der Waals surface area contributed by atoms with Gasteiger partial charge in [0.15, 0.2) is 0 Å². The van der Waals surface area contributed by atoms with Crippen LogP contribution in [0.15, 0.2) is 0 Å². The molecule has 0 aromatic heterocycles. The average molecular weight is 270 g/mol. The van der Waals surface area contributed by atoms with Crippen molar-refractivity contribution < 1.29 is 9.90 Å². The predicted octanol–water partition coefficient (Wildman–Crippen LogP) is 2.25. The van der Waals surface area contributed by atoms with Gasteiger partial charge < -0.3 is 5.11 Å². The lowest BCUT2D eigenvalue weighted by atomic mass is 9.21. The summed E-state index contributed by atoms with van der Waals surface area (Å²) in [6.07, 6.45) is 6.97.